The monoisotopic (exact) mass is 196 g/mol. The maximum atomic E-state index is 2.48. The highest BCUT2D eigenvalue weighted by Crippen LogP contribution is 2.50. The van der Waals surface area contributed by atoms with Gasteiger partial charge >= 0.3 is 0 Å². The highest BCUT2D eigenvalue weighted by Gasteiger charge is 2.40. The van der Waals surface area contributed by atoms with E-state index in [4.69, 9.17) is 0 Å². The summed E-state index contributed by atoms with van der Waals surface area (Å²) in [4.78, 5) is 0. The van der Waals surface area contributed by atoms with Gasteiger partial charge in [-0.05, 0) is 41.9 Å². The van der Waals surface area contributed by atoms with Crippen LogP contribution < -0.4 is 0 Å². The Labute approximate surface area is 90.5 Å². The lowest BCUT2D eigenvalue weighted by molar-refractivity contribution is 0.129. The van der Waals surface area contributed by atoms with Gasteiger partial charge in [0.25, 0.3) is 0 Å². The van der Waals surface area contributed by atoms with E-state index in [-0.39, 0.29) is 0 Å². The summed E-state index contributed by atoms with van der Waals surface area (Å²) < 4.78 is 0. The SMILES string of the molecule is CCC(C(C)C)C(C)(C)CC1CC1C. The minimum absolute atomic E-state index is 0.554. The molecule has 0 spiro atoms. The summed E-state index contributed by atoms with van der Waals surface area (Å²) in [6.07, 6.45) is 4.27. The van der Waals surface area contributed by atoms with E-state index < -0.39 is 0 Å². The van der Waals surface area contributed by atoms with Crippen molar-refractivity contribution in [1.82, 2.24) is 0 Å². The number of rotatable bonds is 5. The Bertz CT molecular complexity index is 178. The van der Waals surface area contributed by atoms with Crippen molar-refractivity contribution in [1.29, 1.82) is 0 Å². The molecule has 0 heterocycles. The average Bonchev–Trinajstić information content (AvgIpc) is 2.64. The Morgan fingerprint density at radius 2 is 1.79 bits per heavy atom. The Morgan fingerprint density at radius 3 is 2.07 bits per heavy atom. The summed E-state index contributed by atoms with van der Waals surface area (Å²) in [6, 6.07) is 0. The molecule has 0 bridgehead atoms. The minimum Gasteiger partial charge on any atom is -0.0651 e. The van der Waals surface area contributed by atoms with Crippen molar-refractivity contribution in [3.05, 3.63) is 0 Å². The Balaban J connectivity index is 2.52. The van der Waals surface area contributed by atoms with Gasteiger partial charge in [0.2, 0.25) is 0 Å². The maximum Gasteiger partial charge on any atom is -0.0321 e. The van der Waals surface area contributed by atoms with Crippen LogP contribution in [0.25, 0.3) is 0 Å². The van der Waals surface area contributed by atoms with E-state index in [0.717, 1.165) is 23.7 Å². The third kappa shape index (κ3) is 2.74. The van der Waals surface area contributed by atoms with Crippen LogP contribution in [0.1, 0.15) is 60.8 Å². The Hall–Kier alpha value is 0. The third-order valence-corrected chi connectivity index (χ3v) is 4.31. The quantitative estimate of drug-likeness (QED) is 0.595. The summed E-state index contributed by atoms with van der Waals surface area (Å²) in [6.45, 7) is 14.5. The topological polar surface area (TPSA) is 0 Å². The molecule has 84 valence electrons. The molecule has 0 amide bonds. The lowest BCUT2D eigenvalue weighted by atomic mass is 9.68. The molecule has 0 aromatic heterocycles. The number of hydrogen-bond acceptors (Lipinski definition) is 0. The first-order valence-corrected chi connectivity index (χ1v) is 6.38. The van der Waals surface area contributed by atoms with E-state index in [1.54, 1.807) is 0 Å². The highest BCUT2D eigenvalue weighted by molar-refractivity contribution is 4.90. The predicted octanol–water partition coefficient (Wildman–Crippen LogP) is 4.74. The Morgan fingerprint density at radius 1 is 1.29 bits per heavy atom. The average molecular weight is 196 g/mol. The van der Waals surface area contributed by atoms with E-state index in [2.05, 4.69) is 41.5 Å². The summed E-state index contributed by atoms with van der Waals surface area (Å²) in [5, 5.41) is 0. The molecule has 1 saturated carbocycles. The van der Waals surface area contributed by atoms with Gasteiger partial charge in [0.05, 0.1) is 0 Å². The zero-order valence-corrected chi connectivity index (χ0v) is 10.9. The maximum absolute atomic E-state index is 2.48. The lowest BCUT2D eigenvalue weighted by Gasteiger charge is -2.37. The second-order valence-electron chi connectivity index (χ2n) is 6.42. The van der Waals surface area contributed by atoms with Crippen LogP contribution in [0.5, 0.6) is 0 Å². The smallest absolute Gasteiger partial charge is 0.0321 e. The molecule has 0 nitrogen and oxygen atoms in total. The van der Waals surface area contributed by atoms with Crippen LogP contribution in [0.4, 0.5) is 0 Å². The van der Waals surface area contributed by atoms with Gasteiger partial charge in [0.1, 0.15) is 0 Å². The molecule has 0 heteroatoms. The molecule has 1 rings (SSSR count). The van der Waals surface area contributed by atoms with Crippen molar-refractivity contribution >= 4 is 0 Å². The second kappa shape index (κ2) is 4.24. The Kier molecular flexibility index (Phi) is 3.66. The molecule has 1 aliphatic carbocycles. The molecule has 0 aromatic carbocycles. The van der Waals surface area contributed by atoms with Crippen molar-refractivity contribution in [2.24, 2.45) is 29.1 Å². The largest absolute Gasteiger partial charge is 0.0651 e. The van der Waals surface area contributed by atoms with Crippen LogP contribution in [0, 0.1) is 29.1 Å². The van der Waals surface area contributed by atoms with Gasteiger partial charge in [0.15, 0.2) is 0 Å². The fraction of sp³-hybridized carbons (Fsp3) is 1.00. The molecule has 3 atom stereocenters. The van der Waals surface area contributed by atoms with Crippen LogP contribution >= 0.6 is 0 Å². The molecule has 0 N–H and O–H groups in total. The number of hydrogen-bond donors (Lipinski definition) is 0. The summed E-state index contributed by atoms with van der Waals surface area (Å²) >= 11 is 0. The van der Waals surface area contributed by atoms with E-state index >= 15 is 0 Å². The summed E-state index contributed by atoms with van der Waals surface area (Å²) in [7, 11) is 0. The molecular weight excluding hydrogens is 168 g/mol. The van der Waals surface area contributed by atoms with E-state index in [1.807, 2.05) is 0 Å². The van der Waals surface area contributed by atoms with Crippen LogP contribution in [0.2, 0.25) is 0 Å². The first kappa shape index (κ1) is 12.1. The van der Waals surface area contributed by atoms with E-state index in [9.17, 15) is 0 Å². The molecular formula is C14H28. The normalized spacial score (nSPS) is 29.4. The molecule has 1 fully saturated rings. The standard InChI is InChI=1S/C14H28/c1-7-13(10(2)3)14(5,6)9-12-8-11(12)4/h10-13H,7-9H2,1-6H3. The van der Waals surface area contributed by atoms with Crippen LogP contribution in [0.3, 0.4) is 0 Å². The van der Waals surface area contributed by atoms with Gasteiger partial charge < -0.3 is 0 Å². The predicted molar refractivity (Wildman–Crippen MR) is 64.3 cm³/mol. The second-order valence-corrected chi connectivity index (χ2v) is 6.42. The van der Waals surface area contributed by atoms with E-state index in [1.165, 1.54) is 19.3 Å². The third-order valence-electron chi connectivity index (χ3n) is 4.31. The molecule has 1 aliphatic rings. The van der Waals surface area contributed by atoms with Gasteiger partial charge in [-0.25, -0.2) is 0 Å². The van der Waals surface area contributed by atoms with Crippen molar-refractivity contribution in [2.45, 2.75) is 60.8 Å². The molecule has 0 radical (unpaired) electrons. The van der Waals surface area contributed by atoms with Crippen molar-refractivity contribution < 1.29 is 0 Å². The van der Waals surface area contributed by atoms with Gasteiger partial charge in [-0.1, -0.05) is 48.0 Å². The summed E-state index contributed by atoms with van der Waals surface area (Å²) in [5.74, 6) is 3.79. The summed E-state index contributed by atoms with van der Waals surface area (Å²) in [5.41, 5.74) is 0.554. The van der Waals surface area contributed by atoms with Gasteiger partial charge in [-0.2, -0.15) is 0 Å². The zero-order chi connectivity index (χ0) is 10.9. The van der Waals surface area contributed by atoms with Crippen LogP contribution in [-0.4, -0.2) is 0 Å². The van der Waals surface area contributed by atoms with Crippen molar-refractivity contribution in [3.63, 3.8) is 0 Å². The van der Waals surface area contributed by atoms with Gasteiger partial charge in [-0.3, -0.25) is 0 Å². The van der Waals surface area contributed by atoms with Crippen molar-refractivity contribution in [3.8, 4) is 0 Å². The van der Waals surface area contributed by atoms with Crippen molar-refractivity contribution in [2.75, 3.05) is 0 Å². The fourth-order valence-corrected chi connectivity index (χ4v) is 3.44. The van der Waals surface area contributed by atoms with Crippen LogP contribution in [-0.2, 0) is 0 Å². The molecule has 0 saturated heterocycles. The van der Waals surface area contributed by atoms with Gasteiger partial charge in [0, 0.05) is 0 Å². The van der Waals surface area contributed by atoms with E-state index in [0.29, 0.717) is 5.41 Å². The zero-order valence-electron chi connectivity index (χ0n) is 10.9. The lowest BCUT2D eigenvalue weighted by Crippen LogP contribution is -2.28. The first-order chi connectivity index (χ1) is 6.38. The van der Waals surface area contributed by atoms with Gasteiger partial charge in [-0.15, -0.1) is 0 Å². The molecule has 0 aromatic rings. The first-order valence-electron chi connectivity index (χ1n) is 6.38. The highest BCUT2D eigenvalue weighted by atomic mass is 14.5. The molecule has 0 aliphatic heterocycles. The molecule has 14 heavy (non-hydrogen) atoms. The fourth-order valence-electron chi connectivity index (χ4n) is 3.44. The minimum atomic E-state index is 0.554. The van der Waals surface area contributed by atoms with Crippen LogP contribution in [0.15, 0.2) is 0 Å². The molecule has 3 unspecified atom stereocenters.